The average Bonchev–Trinajstić information content (AvgIpc) is 2.79. The van der Waals surface area contributed by atoms with Gasteiger partial charge in [0.2, 0.25) is 5.91 Å². The first-order chi connectivity index (χ1) is 15.2. The zero-order chi connectivity index (χ0) is 23.6. The fourth-order valence-corrected chi connectivity index (χ4v) is 3.31. The van der Waals surface area contributed by atoms with E-state index in [4.69, 9.17) is 10.5 Å². The molecule has 2 amide bonds. The summed E-state index contributed by atoms with van der Waals surface area (Å²) in [6, 6.07) is 16.9. The molecule has 0 heterocycles. The Morgan fingerprint density at radius 2 is 1.88 bits per heavy atom. The minimum atomic E-state index is -2.22. The van der Waals surface area contributed by atoms with Gasteiger partial charge in [0.05, 0.1) is 13.2 Å². The minimum Gasteiger partial charge on any atom is -0.497 e. The lowest BCUT2D eigenvalue weighted by Gasteiger charge is -2.23. The number of benzene rings is 2. The molecule has 3 atom stereocenters. The van der Waals surface area contributed by atoms with E-state index in [0.29, 0.717) is 12.2 Å². The summed E-state index contributed by atoms with van der Waals surface area (Å²) in [5, 5.41) is 13.3. The zero-order valence-corrected chi connectivity index (χ0v) is 18.6. The summed E-state index contributed by atoms with van der Waals surface area (Å²) in [6.07, 6.45) is 1.40. The summed E-state index contributed by atoms with van der Waals surface area (Å²) in [6.45, 7) is 1.37. The average molecular weight is 444 g/mol. The van der Waals surface area contributed by atoms with Crippen molar-refractivity contribution in [2.75, 3.05) is 7.11 Å². The molecule has 2 aromatic rings. The second-order valence-corrected chi connectivity index (χ2v) is 8.10. The van der Waals surface area contributed by atoms with Gasteiger partial charge in [-0.15, -0.1) is 0 Å². The number of carbonyl (C=O) groups is 2. The molecule has 1 unspecified atom stereocenters. The molecule has 0 bridgehead atoms. The molecule has 0 aromatic heterocycles. The maximum Gasteiger partial charge on any atom is 0.254 e. The Bertz CT molecular complexity index is 873. The van der Waals surface area contributed by atoms with Gasteiger partial charge in [-0.2, -0.15) is 0 Å². The van der Waals surface area contributed by atoms with Crippen molar-refractivity contribution in [2.24, 2.45) is 11.7 Å². The van der Waals surface area contributed by atoms with Crippen LogP contribution in [0.3, 0.4) is 0 Å². The number of aliphatic hydroxyl groups is 1. The molecule has 4 N–H and O–H groups in total. The molecule has 0 saturated heterocycles. The first-order valence-electron chi connectivity index (χ1n) is 10.7. The summed E-state index contributed by atoms with van der Waals surface area (Å²) in [4.78, 5) is 24.2. The molecule has 0 aliphatic rings. The Kier molecular flexibility index (Phi) is 9.65. The number of primary amides is 1. The quantitative estimate of drug-likeness (QED) is 0.443. The van der Waals surface area contributed by atoms with E-state index in [1.807, 2.05) is 48.5 Å². The van der Waals surface area contributed by atoms with Crippen LogP contribution in [0, 0.1) is 12.3 Å². The summed E-state index contributed by atoms with van der Waals surface area (Å²) >= 11 is 0. The number of halogens is 1. The molecule has 7 heteroatoms. The highest BCUT2D eigenvalue weighted by Gasteiger charge is 2.33. The lowest BCUT2D eigenvalue weighted by atomic mass is 9.88. The third-order valence-electron chi connectivity index (χ3n) is 5.44. The van der Waals surface area contributed by atoms with Crippen LogP contribution < -0.4 is 15.8 Å². The second-order valence-electron chi connectivity index (χ2n) is 8.10. The molecule has 173 valence electrons. The smallest absolute Gasteiger partial charge is 0.254 e. The lowest BCUT2D eigenvalue weighted by Crippen LogP contribution is -2.39. The van der Waals surface area contributed by atoms with Gasteiger partial charge in [-0.1, -0.05) is 42.5 Å². The highest BCUT2D eigenvalue weighted by atomic mass is 19.1. The predicted molar refractivity (Wildman–Crippen MR) is 121 cm³/mol. The molecule has 1 radical (unpaired) electrons. The van der Waals surface area contributed by atoms with E-state index in [-0.39, 0.29) is 31.7 Å². The predicted octanol–water partition coefficient (Wildman–Crippen LogP) is 3.12. The number of hydrogen-bond donors (Lipinski definition) is 3. The molecule has 2 rings (SSSR count). The van der Waals surface area contributed by atoms with Gasteiger partial charge in [-0.25, -0.2) is 4.39 Å². The number of hydrogen-bond acceptors (Lipinski definition) is 4. The fraction of sp³-hybridized carbons (Fsp3) is 0.400. The molecule has 32 heavy (non-hydrogen) atoms. The minimum absolute atomic E-state index is 0.0795. The van der Waals surface area contributed by atoms with Crippen molar-refractivity contribution in [1.29, 1.82) is 0 Å². The molecule has 0 spiro atoms. The number of methoxy groups -OCH3 is 1. The molecule has 0 aliphatic carbocycles. The van der Waals surface area contributed by atoms with Gasteiger partial charge in [0.1, 0.15) is 5.75 Å². The molecule has 0 aliphatic heterocycles. The first-order valence-corrected chi connectivity index (χ1v) is 10.7. The van der Waals surface area contributed by atoms with Crippen LogP contribution in [0.1, 0.15) is 37.3 Å². The zero-order valence-electron chi connectivity index (χ0n) is 18.6. The Morgan fingerprint density at radius 3 is 2.53 bits per heavy atom. The molecule has 2 aromatic carbocycles. The number of rotatable bonds is 13. The fourth-order valence-electron chi connectivity index (χ4n) is 3.31. The van der Waals surface area contributed by atoms with Crippen molar-refractivity contribution in [3.05, 3.63) is 72.1 Å². The van der Waals surface area contributed by atoms with Gasteiger partial charge in [0.25, 0.3) is 5.91 Å². The second kappa shape index (κ2) is 12.2. The van der Waals surface area contributed by atoms with Gasteiger partial charge in [0.15, 0.2) is 5.67 Å². The normalized spacial score (nSPS) is 14.8. The van der Waals surface area contributed by atoms with E-state index in [9.17, 15) is 19.1 Å². The first kappa shape index (κ1) is 25.3. The summed E-state index contributed by atoms with van der Waals surface area (Å²) in [5.41, 5.74) is 4.79. The van der Waals surface area contributed by atoms with Crippen LogP contribution in [-0.4, -0.2) is 35.8 Å². The van der Waals surface area contributed by atoms with Crippen molar-refractivity contribution in [2.45, 2.75) is 50.9 Å². The van der Waals surface area contributed by atoms with E-state index in [0.717, 1.165) is 18.1 Å². The van der Waals surface area contributed by atoms with Crippen LogP contribution in [0.5, 0.6) is 5.75 Å². The van der Waals surface area contributed by atoms with Crippen LogP contribution in [-0.2, 0) is 22.6 Å². The van der Waals surface area contributed by atoms with Gasteiger partial charge < -0.3 is 20.9 Å². The maximum atomic E-state index is 14.4. The molecular formula is C25H32FN2O4. The van der Waals surface area contributed by atoms with Gasteiger partial charge in [0, 0.05) is 12.5 Å². The van der Waals surface area contributed by atoms with Gasteiger partial charge >= 0.3 is 0 Å². The summed E-state index contributed by atoms with van der Waals surface area (Å²) in [7, 11) is 1.56. The molecule has 0 saturated carbocycles. The van der Waals surface area contributed by atoms with Crippen LogP contribution in [0.25, 0.3) is 0 Å². The van der Waals surface area contributed by atoms with Crippen molar-refractivity contribution in [1.82, 2.24) is 5.32 Å². The lowest BCUT2D eigenvalue weighted by molar-refractivity contribution is -0.131. The molecular weight excluding hydrogens is 411 g/mol. The third-order valence-corrected chi connectivity index (χ3v) is 5.44. The number of amides is 2. The number of alkyl halides is 1. The van der Waals surface area contributed by atoms with E-state index in [1.54, 1.807) is 19.6 Å². The van der Waals surface area contributed by atoms with E-state index in [2.05, 4.69) is 5.32 Å². The van der Waals surface area contributed by atoms with E-state index in [1.165, 1.54) is 0 Å². The molecule has 6 nitrogen and oxygen atoms in total. The summed E-state index contributed by atoms with van der Waals surface area (Å²) in [5.74, 6) is -1.39. The highest BCUT2D eigenvalue weighted by molar-refractivity contribution is 5.83. The van der Waals surface area contributed by atoms with Crippen LogP contribution >= 0.6 is 0 Å². The van der Waals surface area contributed by atoms with Crippen molar-refractivity contribution >= 4 is 11.8 Å². The largest absolute Gasteiger partial charge is 0.497 e. The number of aliphatic hydroxyl groups excluding tert-OH is 1. The van der Waals surface area contributed by atoms with Gasteiger partial charge in [-0.05, 0) is 62.3 Å². The number of carbonyl (C=O) groups excluding carboxylic acids is 2. The van der Waals surface area contributed by atoms with E-state index < -0.39 is 23.6 Å². The summed E-state index contributed by atoms with van der Waals surface area (Å²) < 4.78 is 19.6. The topological polar surface area (TPSA) is 102 Å². The van der Waals surface area contributed by atoms with Crippen LogP contribution in [0.15, 0.2) is 54.6 Å². The van der Waals surface area contributed by atoms with E-state index >= 15 is 0 Å². The number of nitrogens with two attached hydrogens (primary N) is 1. The Hall–Kier alpha value is -2.93. The Balaban J connectivity index is 1.99. The van der Waals surface area contributed by atoms with Crippen molar-refractivity contribution < 1.29 is 23.8 Å². The van der Waals surface area contributed by atoms with Crippen molar-refractivity contribution in [3.8, 4) is 5.75 Å². The Morgan fingerprint density at radius 1 is 1.19 bits per heavy atom. The van der Waals surface area contributed by atoms with Crippen LogP contribution in [0.2, 0.25) is 0 Å². The van der Waals surface area contributed by atoms with Gasteiger partial charge in [-0.3, -0.25) is 9.59 Å². The SMILES string of the molecule is COc1cccc(CNC(=O)[C@H](CCC(C)(F)C(N)=O)C[C@@H](O)[CH]Cc2ccccc2)c1. The monoisotopic (exact) mass is 443 g/mol. The number of ether oxygens (including phenoxy) is 1. The van der Waals surface area contributed by atoms with Crippen molar-refractivity contribution in [3.63, 3.8) is 0 Å². The third kappa shape index (κ3) is 8.30. The van der Waals surface area contributed by atoms with Crippen LogP contribution in [0.4, 0.5) is 4.39 Å². The highest BCUT2D eigenvalue weighted by Crippen LogP contribution is 2.24. The maximum absolute atomic E-state index is 14.4. The standard InChI is InChI=1S/C25H32FN2O4/c1-25(26,24(27)31)14-13-20(16-21(29)12-11-18-7-4-3-5-8-18)23(30)28-17-19-9-6-10-22(15-19)32-2/h3-10,12,15,20-21,29H,11,13-14,16-17H2,1-2H3,(H2,27,31)(H,28,30)/t20-,21+,25?/m1/s1. The molecule has 0 fully saturated rings. The Labute approximate surface area is 189 Å². The number of nitrogens with one attached hydrogen (secondary N) is 1.